The molecule has 0 saturated carbocycles. The van der Waals surface area contributed by atoms with Crippen molar-refractivity contribution in [2.75, 3.05) is 25.6 Å². The summed E-state index contributed by atoms with van der Waals surface area (Å²) in [6, 6.07) is 12.1. The van der Waals surface area contributed by atoms with Crippen molar-refractivity contribution in [2.45, 2.75) is 19.8 Å². The molecule has 0 radical (unpaired) electrons. The van der Waals surface area contributed by atoms with E-state index >= 15 is 0 Å². The Morgan fingerprint density at radius 1 is 1.18 bits per heavy atom. The lowest BCUT2D eigenvalue weighted by atomic mass is 10.1. The van der Waals surface area contributed by atoms with Crippen LogP contribution in [0.1, 0.15) is 29.3 Å². The quantitative estimate of drug-likeness (QED) is 0.520. The van der Waals surface area contributed by atoms with Gasteiger partial charge in [0.15, 0.2) is 6.61 Å². The highest BCUT2D eigenvalue weighted by molar-refractivity contribution is 9.10. The van der Waals surface area contributed by atoms with Crippen molar-refractivity contribution < 1.29 is 28.7 Å². The predicted molar refractivity (Wildman–Crippen MR) is 123 cm³/mol. The van der Waals surface area contributed by atoms with E-state index in [1.807, 2.05) is 13.0 Å². The third kappa shape index (κ3) is 6.10. The Morgan fingerprint density at radius 3 is 2.67 bits per heavy atom. The summed E-state index contributed by atoms with van der Waals surface area (Å²) in [7, 11) is 1.44. The minimum absolute atomic E-state index is 0.0487. The van der Waals surface area contributed by atoms with Crippen molar-refractivity contribution in [3.8, 4) is 5.75 Å². The Hall–Kier alpha value is -3.40. The molecule has 33 heavy (non-hydrogen) atoms. The summed E-state index contributed by atoms with van der Waals surface area (Å²) >= 11 is 3.39. The maximum Gasteiger partial charge on any atom is 0.311 e. The summed E-state index contributed by atoms with van der Waals surface area (Å²) in [5, 5.41) is 3.80. The van der Waals surface area contributed by atoms with E-state index in [0.29, 0.717) is 11.4 Å². The summed E-state index contributed by atoms with van der Waals surface area (Å²) in [5.74, 6) is -2.55. The first-order chi connectivity index (χ1) is 15.8. The lowest BCUT2D eigenvalue weighted by Crippen LogP contribution is -2.43. The minimum Gasteiger partial charge on any atom is -0.496 e. The zero-order valence-electron chi connectivity index (χ0n) is 18.2. The van der Waals surface area contributed by atoms with Crippen molar-refractivity contribution in [1.29, 1.82) is 0 Å². The topological polar surface area (TPSA) is 114 Å². The minimum atomic E-state index is -0.790. The monoisotopic (exact) mass is 517 g/mol. The van der Waals surface area contributed by atoms with E-state index in [0.717, 1.165) is 21.5 Å². The average molecular weight is 518 g/mol. The van der Waals surface area contributed by atoms with Gasteiger partial charge in [-0.25, -0.2) is 0 Å². The van der Waals surface area contributed by atoms with Crippen molar-refractivity contribution in [2.24, 2.45) is 5.92 Å². The number of aryl methyl sites for hydroxylation is 1. The van der Waals surface area contributed by atoms with Crippen LogP contribution in [-0.2, 0) is 25.5 Å². The van der Waals surface area contributed by atoms with E-state index in [2.05, 4.69) is 26.7 Å². The Bertz CT molecular complexity index is 1070. The van der Waals surface area contributed by atoms with Gasteiger partial charge in [0.05, 0.1) is 25.1 Å². The van der Waals surface area contributed by atoms with Crippen LogP contribution >= 0.6 is 15.9 Å². The van der Waals surface area contributed by atoms with Crippen LogP contribution in [0.2, 0.25) is 0 Å². The number of anilines is 1. The van der Waals surface area contributed by atoms with Crippen LogP contribution in [0.4, 0.5) is 5.69 Å². The molecule has 1 fully saturated rings. The number of hydrazine groups is 1. The van der Waals surface area contributed by atoms with Gasteiger partial charge < -0.3 is 14.8 Å². The number of halogens is 1. The van der Waals surface area contributed by atoms with Gasteiger partial charge in [-0.1, -0.05) is 35.0 Å². The van der Waals surface area contributed by atoms with Gasteiger partial charge in [-0.15, -0.1) is 0 Å². The number of amides is 3. The van der Waals surface area contributed by atoms with Crippen LogP contribution in [0.5, 0.6) is 5.75 Å². The summed E-state index contributed by atoms with van der Waals surface area (Å²) in [6.45, 7) is 1.44. The number of hydrogen-bond acceptors (Lipinski definition) is 6. The molecule has 3 rings (SSSR count). The molecule has 1 heterocycles. The lowest BCUT2D eigenvalue weighted by Gasteiger charge is -2.18. The van der Waals surface area contributed by atoms with Crippen LogP contribution in [0.15, 0.2) is 46.9 Å². The number of para-hydroxylation sites is 1. The summed E-state index contributed by atoms with van der Waals surface area (Å²) < 4.78 is 11.2. The number of esters is 1. The SMILES string of the molecule is CCc1cc(Br)ccc1NC(=O)COC(=O)[C@H]1CC(=O)N(NC(=O)c2ccccc2OC)C1. The first kappa shape index (κ1) is 24.2. The number of carbonyl (C=O) groups is 4. The molecular weight excluding hydrogens is 494 g/mol. The molecule has 0 aromatic heterocycles. The second-order valence-corrected chi connectivity index (χ2v) is 8.27. The van der Waals surface area contributed by atoms with Crippen LogP contribution < -0.4 is 15.5 Å². The number of rotatable bonds is 8. The highest BCUT2D eigenvalue weighted by Crippen LogP contribution is 2.22. The molecule has 1 atom stereocenters. The Balaban J connectivity index is 1.52. The second-order valence-electron chi connectivity index (χ2n) is 7.36. The largest absolute Gasteiger partial charge is 0.496 e. The zero-order valence-corrected chi connectivity index (χ0v) is 19.8. The third-order valence-corrected chi connectivity index (χ3v) is 5.61. The van der Waals surface area contributed by atoms with Gasteiger partial charge in [-0.2, -0.15) is 0 Å². The zero-order chi connectivity index (χ0) is 24.0. The van der Waals surface area contributed by atoms with E-state index < -0.39 is 36.2 Å². The van der Waals surface area contributed by atoms with E-state index in [4.69, 9.17) is 9.47 Å². The van der Waals surface area contributed by atoms with Crippen molar-refractivity contribution in [3.63, 3.8) is 0 Å². The highest BCUT2D eigenvalue weighted by Gasteiger charge is 2.37. The number of nitrogens with one attached hydrogen (secondary N) is 2. The molecule has 1 aliphatic heterocycles. The Kier molecular flexibility index (Phi) is 8.05. The molecule has 9 nitrogen and oxygen atoms in total. The van der Waals surface area contributed by atoms with Gasteiger partial charge in [0.1, 0.15) is 5.75 Å². The second kappa shape index (κ2) is 11.0. The van der Waals surface area contributed by atoms with E-state index in [1.165, 1.54) is 7.11 Å². The van der Waals surface area contributed by atoms with Crippen molar-refractivity contribution in [1.82, 2.24) is 10.4 Å². The number of nitrogens with zero attached hydrogens (tertiary/aromatic N) is 1. The Morgan fingerprint density at radius 2 is 1.94 bits per heavy atom. The standard InChI is InChI=1S/C23H24BrN3O6/c1-3-14-10-16(24)8-9-18(14)25-20(28)13-33-23(31)15-11-21(29)27(12-15)26-22(30)17-6-4-5-7-19(17)32-2/h4-10,15H,3,11-13H2,1-2H3,(H,25,28)(H,26,30)/t15-/m0/s1. The maximum atomic E-state index is 12.5. The van der Waals surface area contributed by atoms with Crippen molar-refractivity contribution >= 4 is 45.3 Å². The van der Waals surface area contributed by atoms with E-state index in [-0.39, 0.29) is 18.5 Å². The van der Waals surface area contributed by atoms with Gasteiger partial charge in [0.2, 0.25) is 5.91 Å². The molecule has 10 heteroatoms. The molecule has 2 N–H and O–H groups in total. The fourth-order valence-electron chi connectivity index (χ4n) is 3.41. The molecule has 0 spiro atoms. The Labute approximate surface area is 199 Å². The number of ether oxygens (including phenoxy) is 2. The fraction of sp³-hybridized carbons (Fsp3) is 0.304. The number of benzene rings is 2. The molecular formula is C23H24BrN3O6. The van der Waals surface area contributed by atoms with Gasteiger partial charge >= 0.3 is 5.97 Å². The first-order valence-electron chi connectivity index (χ1n) is 10.3. The summed E-state index contributed by atoms with van der Waals surface area (Å²) in [6.07, 6.45) is 0.592. The molecule has 2 aromatic carbocycles. The molecule has 1 aliphatic rings. The summed E-state index contributed by atoms with van der Waals surface area (Å²) in [4.78, 5) is 49.4. The normalized spacial score (nSPS) is 15.2. The van der Waals surface area contributed by atoms with Gasteiger partial charge in [0, 0.05) is 16.6 Å². The fourth-order valence-corrected chi connectivity index (χ4v) is 3.81. The molecule has 2 aromatic rings. The van der Waals surface area contributed by atoms with Gasteiger partial charge in [-0.3, -0.25) is 29.6 Å². The third-order valence-electron chi connectivity index (χ3n) is 5.11. The summed E-state index contributed by atoms with van der Waals surface area (Å²) in [5.41, 5.74) is 4.33. The van der Waals surface area contributed by atoms with Crippen LogP contribution in [0, 0.1) is 5.92 Å². The average Bonchev–Trinajstić information content (AvgIpc) is 3.18. The smallest absolute Gasteiger partial charge is 0.311 e. The van der Waals surface area contributed by atoms with E-state index in [9.17, 15) is 19.2 Å². The van der Waals surface area contributed by atoms with Crippen LogP contribution in [0.3, 0.4) is 0 Å². The molecule has 1 saturated heterocycles. The van der Waals surface area contributed by atoms with Crippen LogP contribution in [0.25, 0.3) is 0 Å². The lowest BCUT2D eigenvalue weighted by molar-refractivity contribution is -0.151. The maximum absolute atomic E-state index is 12.5. The number of hydrogen-bond donors (Lipinski definition) is 2. The van der Waals surface area contributed by atoms with Crippen molar-refractivity contribution in [3.05, 3.63) is 58.1 Å². The predicted octanol–water partition coefficient (Wildman–Crippen LogP) is 2.70. The molecule has 3 amide bonds. The molecule has 0 unspecified atom stereocenters. The molecule has 174 valence electrons. The van der Waals surface area contributed by atoms with E-state index in [1.54, 1.807) is 36.4 Å². The molecule has 0 aliphatic carbocycles. The van der Waals surface area contributed by atoms with Crippen LogP contribution in [-0.4, -0.2) is 49.0 Å². The number of methoxy groups -OCH3 is 1. The molecule has 0 bridgehead atoms. The van der Waals surface area contributed by atoms with Gasteiger partial charge in [0.25, 0.3) is 11.8 Å². The van der Waals surface area contributed by atoms with Gasteiger partial charge in [-0.05, 0) is 42.3 Å². The first-order valence-corrected chi connectivity index (χ1v) is 11.1. The highest BCUT2D eigenvalue weighted by atomic mass is 79.9. The number of carbonyl (C=O) groups excluding carboxylic acids is 4.